The minimum atomic E-state index is 0.140. The van der Waals surface area contributed by atoms with Gasteiger partial charge in [0.2, 0.25) is 0 Å². The third-order valence-electron chi connectivity index (χ3n) is 2.64. The average Bonchev–Trinajstić information content (AvgIpc) is 2.46. The predicted octanol–water partition coefficient (Wildman–Crippen LogP) is 3.20. The molecule has 0 amide bonds. The molecule has 0 fully saturated rings. The zero-order valence-electron chi connectivity index (χ0n) is 11.1. The number of nitrogens with zero attached hydrogens (tertiary/aromatic N) is 5. The number of anilines is 1. The van der Waals surface area contributed by atoms with Gasteiger partial charge >= 0.3 is 5.82 Å². The van der Waals surface area contributed by atoms with Crippen LogP contribution >= 0.6 is 0 Å². The summed E-state index contributed by atoms with van der Waals surface area (Å²) in [7, 11) is 3.71. The normalized spacial score (nSPS) is 10.7. The summed E-state index contributed by atoms with van der Waals surface area (Å²) in [6.45, 7) is 0. The van der Waals surface area contributed by atoms with Crippen LogP contribution in [-0.4, -0.2) is 14.1 Å². The molecule has 102 valence electrons. The van der Waals surface area contributed by atoms with Gasteiger partial charge in [0.15, 0.2) is 0 Å². The van der Waals surface area contributed by atoms with Crippen LogP contribution in [0.15, 0.2) is 58.0 Å². The molecular formula is C13H13N5O2. The molecule has 0 aliphatic carbocycles. The van der Waals surface area contributed by atoms with Crippen LogP contribution in [0.4, 0.5) is 22.9 Å². The molecule has 20 heavy (non-hydrogen) atoms. The summed E-state index contributed by atoms with van der Waals surface area (Å²) >= 11 is 0. The van der Waals surface area contributed by atoms with E-state index in [-0.39, 0.29) is 11.5 Å². The molecule has 7 heteroatoms. The van der Waals surface area contributed by atoms with E-state index in [4.69, 9.17) is 0 Å². The number of rotatable bonds is 4. The number of pyridine rings is 1. The van der Waals surface area contributed by atoms with Crippen LogP contribution in [0.2, 0.25) is 0 Å². The molecule has 0 saturated heterocycles. The van der Waals surface area contributed by atoms with Gasteiger partial charge in [0.25, 0.3) is 0 Å². The summed E-state index contributed by atoms with van der Waals surface area (Å²) in [6.07, 6.45) is 1.32. The first kappa shape index (κ1) is 13.6. The molecular weight excluding hydrogens is 258 g/mol. The van der Waals surface area contributed by atoms with Crippen molar-refractivity contribution in [1.29, 1.82) is 0 Å². The van der Waals surface area contributed by atoms with E-state index < -0.39 is 0 Å². The fourth-order valence-electron chi connectivity index (χ4n) is 1.55. The number of hydrogen-bond acceptors (Lipinski definition) is 6. The van der Waals surface area contributed by atoms with Crippen molar-refractivity contribution in [2.45, 2.75) is 0 Å². The molecule has 7 nitrogen and oxygen atoms in total. The van der Waals surface area contributed by atoms with E-state index in [9.17, 15) is 10.1 Å². The first-order chi connectivity index (χ1) is 9.61. The smallest absolute Gasteiger partial charge is 0.353 e. The van der Waals surface area contributed by atoms with Gasteiger partial charge in [-0.2, -0.15) is 0 Å². The number of aromatic nitrogens is 1. The highest BCUT2D eigenvalue weighted by Gasteiger charge is 2.08. The van der Waals surface area contributed by atoms with E-state index in [1.54, 1.807) is 30.3 Å². The highest BCUT2D eigenvalue weighted by molar-refractivity contribution is 5.68. The van der Waals surface area contributed by atoms with Gasteiger partial charge in [-0.1, -0.05) is 6.07 Å². The summed E-state index contributed by atoms with van der Waals surface area (Å²) in [6, 6.07) is 9.83. The van der Waals surface area contributed by atoms with E-state index in [1.165, 1.54) is 12.3 Å². The summed E-state index contributed by atoms with van der Waals surface area (Å²) in [4.78, 5) is 12.7. The van der Waals surface area contributed by atoms with Crippen molar-refractivity contribution in [3.63, 3.8) is 0 Å². The van der Waals surface area contributed by atoms with Gasteiger partial charge in [-0.3, -0.25) is 0 Å². The Morgan fingerprint density at radius 2 is 1.90 bits per heavy atom. The van der Waals surface area contributed by atoms with Crippen molar-refractivity contribution >= 4 is 22.9 Å². The van der Waals surface area contributed by atoms with Gasteiger partial charge in [-0.05, 0) is 34.6 Å². The van der Waals surface area contributed by atoms with Crippen LogP contribution in [0.25, 0.3) is 0 Å². The third-order valence-corrected chi connectivity index (χ3v) is 2.64. The van der Waals surface area contributed by atoms with Gasteiger partial charge < -0.3 is 10.1 Å². The van der Waals surface area contributed by atoms with Crippen LogP contribution < -0.4 is 9.63 Å². The van der Waals surface area contributed by atoms with E-state index in [2.05, 4.69) is 15.4 Å². The lowest BCUT2D eigenvalue weighted by atomic mass is 10.2. The second-order valence-corrected chi connectivity index (χ2v) is 4.24. The molecule has 0 unspecified atom stereocenters. The standard InChI is InChI=1S/C13H13N5O2/c1-17(2)10-6-7-11(12(9-10)16-19)14-15-13-5-3-4-8-18(13)20/h3-9H,1-2H3. The molecule has 0 radical (unpaired) electrons. The molecule has 0 N–H and O–H groups in total. The van der Waals surface area contributed by atoms with E-state index >= 15 is 0 Å². The predicted molar refractivity (Wildman–Crippen MR) is 75.8 cm³/mol. The molecule has 0 aliphatic rings. The van der Waals surface area contributed by atoms with Crippen molar-refractivity contribution in [1.82, 2.24) is 0 Å². The Morgan fingerprint density at radius 1 is 1.10 bits per heavy atom. The second kappa shape index (κ2) is 5.87. The Kier molecular flexibility index (Phi) is 3.99. The molecule has 2 aromatic rings. The Morgan fingerprint density at radius 3 is 2.55 bits per heavy atom. The van der Waals surface area contributed by atoms with Crippen molar-refractivity contribution in [3.8, 4) is 0 Å². The van der Waals surface area contributed by atoms with Crippen molar-refractivity contribution in [2.75, 3.05) is 19.0 Å². The molecule has 0 spiro atoms. The van der Waals surface area contributed by atoms with Crippen LogP contribution in [0.1, 0.15) is 0 Å². The van der Waals surface area contributed by atoms with Gasteiger partial charge in [-0.15, -0.1) is 4.91 Å². The van der Waals surface area contributed by atoms with E-state index in [0.29, 0.717) is 10.4 Å². The summed E-state index contributed by atoms with van der Waals surface area (Å²) in [5, 5.41) is 22.1. The van der Waals surface area contributed by atoms with Gasteiger partial charge in [0.1, 0.15) is 11.4 Å². The second-order valence-electron chi connectivity index (χ2n) is 4.24. The molecule has 0 aliphatic heterocycles. The Balaban J connectivity index is 2.34. The van der Waals surface area contributed by atoms with Crippen molar-refractivity contribution < 1.29 is 4.73 Å². The van der Waals surface area contributed by atoms with Gasteiger partial charge in [-0.25, -0.2) is 4.73 Å². The molecule has 1 aromatic carbocycles. The maximum Gasteiger partial charge on any atom is 0.353 e. The van der Waals surface area contributed by atoms with Crippen LogP contribution in [0.3, 0.4) is 0 Å². The topological polar surface area (TPSA) is 84.3 Å². The number of hydrogen-bond donors (Lipinski definition) is 0. The summed E-state index contributed by atoms with van der Waals surface area (Å²) in [5.74, 6) is 0.140. The average molecular weight is 271 g/mol. The zero-order chi connectivity index (χ0) is 14.5. The lowest BCUT2D eigenvalue weighted by Gasteiger charge is -2.12. The maximum atomic E-state index is 11.4. The van der Waals surface area contributed by atoms with Gasteiger partial charge in [0.05, 0.1) is 11.3 Å². The number of benzene rings is 1. The molecule has 0 atom stereocenters. The lowest BCUT2D eigenvalue weighted by Crippen LogP contribution is -2.24. The van der Waals surface area contributed by atoms with Crippen LogP contribution in [0.5, 0.6) is 0 Å². The minimum absolute atomic E-state index is 0.140. The highest BCUT2D eigenvalue weighted by Crippen LogP contribution is 2.32. The molecule has 1 aromatic heterocycles. The fourth-order valence-corrected chi connectivity index (χ4v) is 1.55. The quantitative estimate of drug-likeness (QED) is 0.370. The summed E-state index contributed by atoms with van der Waals surface area (Å²) in [5.41, 5.74) is 1.32. The van der Waals surface area contributed by atoms with Crippen molar-refractivity contribution in [3.05, 3.63) is 52.7 Å². The van der Waals surface area contributed by atoms with Crippen LogP contribution in [-0.2, 0) is 0 Å². The highest BCUT2D eigenvalue weighted by atomic mass is 16.5. The Hall–Kier alpha value is -2.83. The first-order valence-electron chi connectivity index (χ1n) is 5.86. The van der Waals surface area contributed by atoms with Crippen molar-refractivity contribution in [2.24, 2.45) is 15.4 Å². The molecule has 0 bridgehead atoms. The maximum absolute atomic E-state index is 11.4. The number of azo groups is 1. The minimum Gasteiger partial charge on any atom is -0.710 e. The molecule has 0 saturated carbocycles. The van der Waals surface area contributed by atoms with E-state index in [1.807, 2.05) is 19.0 Å². The SMILES string of the molecule is CN(C)c1ccc(N=Nc2cccc[n+]2[O-])c(N=O)c1. The zero-order valence-corrected chi connectivity index (χ0v) is 11.1. The van der Waals surface area contributed by atoms with Crippen LogP contribution in [0, 0.1) is 10.1 Å². The first-order valence-corrected chi connectivity index (χ1v) is 5.86. The fraction of sp³-hybridized carbons (Fsp3) is 0.154. The number of nitroso groups, excluding NO2 is 1. The Bertz CT molecular complexity index is 655. The largest absolute Gasteiger partial charge is 0.710 e. The third kappa shape index (κ3) is 2.94. The summed E-state index contributed by atoms with van der Waals surface area (Å²) < 4.78 is 0.589. The molecule has 2 rings (SSSR count). The van der Waals surface area contributed by atoms with Gasteiger partial charge in [0, 0.05) is 25.8 Å². The van der Waals surface area contributed by atoms with E-state index in [0.717, 1.165) is 5.69 Å². The monoisotopic (exact) mass is 271 g/mol. The molecule has 1 heterocycles. The lowest BCUT2D eigenvalue weighted by molar-refractivity contribution is -0.591. The Labute approximate surface area is 115 Å².